The second kappa shape index (κ2) is 3.84. The summed E-state index contributed by atoms with van der Waals surface area (Å²) in [6, 6.07) is 6.15. The lowest BCUT2D eigenvalue weighted by atomic mass is 10.0. The molecule has 74 valence electrons. The summed E-state index contributed by atoms with van der Waals surface area (Å²) in [5, 5.41) is 0. The highest BCUT2D eigenvalue weighted by molar-refractivity contribution is 5.59. The Morgan fingerprint density at radius 1 is 1.57 bits per heavy atom. The molecule has 2 N–H and O–H groups in total. The lowest BCUT2D eigenvalue weighted by Crippen LogP contribution is -2.05. The molecule has 0 saturated carbocycles. The van der Waals surface area contributed by atoms with Gasteiger partial charge in [0.15, 0.2) is 0 Å². The van der Waals surface area contributed by atoms with Crippen molar-refractivity contribution in [2.24, 2.45) is 5.73 Å². The number of benzene rings is 1. The lowest BCUT2D eigenvalue weighted by Gasteiger charge is -2.02. The Balaban J connectivity index is 2.34. The average Bonchev–Trinajstić information content (AvgIpc) is 2.55. The number of fused-ring (bicyclic) bond motifs is 1. The van der Waals surface area contributed by atoms with Crippen molar-refractivity contribution < 1.29 is 4.74 Å². The quantitative estimate of drug-likeness (QED) is 0.772. The van der Waals surface area contributed by atoms with Gasteiger partial charge in [0.1, 0.15) is 11.9 Å². The molecule has 0 fully saturated rings. The molecule has 14 heavy (non-hydrogen) atoms. The molecule has 0 aliphatic carbocycles. The molecule has 1 heterocycles. The van der Waals surface area contributed by atoms with Gasteiger partial charge in [0.25, 0.3) is 0 Å². The van der Waals surface area contributed by atoms with Gasteiger partial charge in [-0.1, -0.05) is 24.3 Å². The Kier molecular flexibility index (Phi) is 2.55. The zero-order valence-electron chi connectivity index (χ0n) is 8.36. The van der Waals surface area contributed by atoms with E-state index in [4.69, 9.17) is 10.5 Å². The van der Waals surface area contributed by atoms with Crippen LogP contribution in [0.1, 0.15) is 18.1 Å². The van der Waals surface area contributed by atoms with Gasteiger partial charge >= 0.3 is 0 Å². The van der Waals surface area contributed by atoms with E-state index in [1.54, 1.807) is 0 Å². The van der Waals surface area contributed by atoms with Crippen molar-refractivity contribution in [3.05, 3.63) is 35.4 Å². The first-order valence-corrected chi connectivity index (χ1v) is 4.96. The third-order valence-electron chi connectivity index (χ3n) is 2.42. The van der Waals surface area contributed by atoms with Crippen LogP contribution in [0.2, 0.25) is 0 Å². The van der Waals surface area contributed by atoms with Gasteiger partial charge in [-0.25, -0.2) is 0 Å². The van der Waals surface area contributed by atoms with Crippen LogP contribution < -0.4 is 10.5 Å². The van der Waals surface area contributed by atoms with E-state index in [9.17, 15) is 0 Å². The maximum atomic E-state index is 5.66. The monoisotopic (exact) mass is 189 g/mol. The molecule has 1 aromatic carbocycles. The van der Waals surface area contributed by atoms with Crippen LogP contribution in [0, 0.1) is 0 Å². The molecule has 2 rings (SSSR count). The highest BCUT2D eigenvalue weighted by Crippen LogP contribution is 2.31. The van der Waals surface area contributed by atoms with E-state index in [2.05, 4.69) is 19.1 Å². The standard InChI is InChI=1S/C12H15NO/c1-9-8-11-10(5-3-7-13)4-2-6-12(11)14-9/h2-6,9H,7-8,13H2,1H3/b5-3+. The van der Waals surface area contributed by atoms with Gasteiger partial charge in [-0.3, -0.25) is 0 Å². The third-order valence-corrected chi connectivity index (χ3v) is 2.42. The number of hydrogen-bond donors (Lipinski definition) is 1. The number of rotatable bonds is 2. The Hall–Kier alpha value is -1.28. The van der Waals surface area contributed by atoms with Gasteiger partial charge in [-0.05, 0) is 18.6 Å². The summed E-state index contributed by atoms with van der Waals surface area (Å²) >= 11 is 0. The van der Waals surface area contributed by atoms with Crippen molar-refractivity contribution in [2.45, 2.75) is 19.4 Å². The number of hydrogen-bond acceptors (Lipinski definition) is 2. The van der Waals surface area contributed by atoms with Crippen LogP contribution in [0.25, 0.3) is 6.08 Å². The Morgan fingerprint density at radius 3 is 3.21 bits per heavy atom. The maximum Gasteiger partial charge on any atom is 0.123 e. The van der Waals surface area contributed by atoms with Gasteiger partial charge in [-0.2, -0.15) is 0 Å². The Morgan fingerprint density at radius 2 is 2.43 bits per heavy atom. The van der Waals surface area contributed by atoms with Gasteiger partial charge in [0, 0.05) is 18.5 Å². The predicted molar refractivity (Wildman–Crippen MR) is 58.3 cm³/mol. The Labute approximate surface area is 84.4 Å². The van der Waals surface area contributed by atoms with Gasteiger partial charge in [-0.15, -0.1) is 0 Å². The summed E-state index contributed by atoms with van der Waals surface area (Å²) in [6.45, 7) is 2.68. The fourth-order valence-electron chi connectivity index (χ4n) is 1.81. The molecule has 0 bridgehead atoms. The van der Waals surface area contributed by atoms with Crippen molar-refractivity contribution in [1.82, 2.24) is 0 Å². The minimum atomic E-state index is 0.303. The molecule has 1 aliphatic heterocycles. The summed E-state index contributed by atoms with van der Waals surface area (Å²) in [5.41, 5.74) is 7.97. The van der Waals surface area contributed by atoms with Crippen molar-refractivity contribution in [1.29, 1.82) is 0 Å². The van der Waals surface area contributed by atoms with Crippen LogP contribution in [0.5, 0.6) is 5.75 Å². The molecule has 1 unspecified atom stereocenters. The van der Waals surface area contributed by atoms with Crippen LogP contribution in [0.3, 0.4) is 0 Å². The molecule has 1 aromatic rings. The molecule has 0 saturated heterocycles. The third kappa shape index (κ3) is 1.66. The topological polar surface area (TPSA) is 35.2 Å². The summed E-state index contributed by atoms with van der Waals surface area (Å²) in [5.74, 6) is 1.02. The van der Waals surface area contributed by atoms with Crippen LogP contribution >= 0.6 is 0 Å². The summed E-state index contributed by atoms with van der Waals surface area (Å²) in [4.78, 5) is 0. The van der Waals surface area contributed by atoms with Crippen molar-refractivity contribution in [3.8, 4) is 5.75 Å². The van der Waals surface area contributed by atoms with E-state index < -0.39 is 0 Å². The SMILES string of the molecule is CC1Cc2c(/C=C/CN)cccc2O1. The maximum absolute atomic E-state index is 5.66. The van der Waals surface area contributed by atoms with Crippen LogP contribution in [0.4, 0.5) is 0 Å². The second-order valence-electron chi connectivity index (χ2n) is 3.59. The average molecular weight is 189 g/mol. The van der Waals surface area contributed by atoms with Crippen LogP contribution in [0.15, 0.2) is 24.3 Å². The molecule has 0 radical (unpaired) electrons. The van der Waals surface area contributed by atoms with E-state index >= 15 is 0 Å². The highest BCUT2D eigenvalue weighted by atomic mass is 16.5. The summed E-state index contributed by atoms with van der Waals surface area (Å²) in [7, 11) is 0. The van der Waals surface area contributed by atoms with Crippen LogP contribution in [-0.2, 0) is 6.42 Å². The number of ether oxygens (including phenoxy) is 1. The molecular formula is C12H15NO. The smallest absolute Gasteiger partial charge is 0.123 e. The first-order valence-electron chi connectivity index (χ1n) is 4.96. The molecule has 2 heteroatoms. The molecule has 0 aromatic heterocycles. The van der Waals surface area contributed by atoms with E-state index in [0.29, 0.717) is 12.6 Å². The fraction of sp³-hybridized carbons (Fsp3) is 0.333. The molecule has 0 amide bonds. The Bertz CT molecular complexity index is 357. The van der Waals surface area contributed by atoms with Gasteiger partial charge in [0.2, 0.25) is 0 Å². The van der Waals surface area contributed by atoms with Crippen molar-refractivity contribution >= 4 is 6.08 Å². The first-order chi connectivity index (χ1) is 6.81. The zero-order chi connectivity index (χ0) is 9.97. The summed E-state index contributed by atoms with van der Waals surface area (Å²) in [6.07, 6.45) is 5.34. The molecule has 1 aliphatic rings. The second-order valence-corrected chi connectivity index (χ2v) is 3.59. The molecule has 1 atom stereocenters. The van der Waals surface area contributed by atoms with Crippen LogP contribution in [-0.4, -0.2) is 12.6 Å². The van der Waals surface area contributed by atoms with E-state index in [-0.39, 0.29) is 0 Å². The zero-order valence-corrected chi connectivity index (χ0v) is 8.36. The van der Waals surface area contributed by atoms with Gasteiger partial charge < -0.3 is 10.5 Å². The summed E-state index contributed by atoms with van der Waals surface area (Å²) < 4.78 is 5.66. The highest BCUT2D eigenvalue weighted by Gasteiger charge is 2.20. The van der Waals surface area contributed by atoms with E-state index in [1.807, 2.05) is 18.2 Å². The van der Waals surface area contributed by atoms with Gasteiger partial charge in [0.05, 0.1) is 0 Å². The fourth-order valence-corrected chi connectivity index (χ4v) is 1.81. The van der Waals surface area contributed by atoms with Crippen molar-refractivity contribution in [3.63, 3.8) is 0 Å². The van der Waals surface area contributed by atoms with E-state index in [1.165, 1.54) is 11.1 Å². The lowest BCUT2D eigenvalue weighted by molar-refractivity contribution is 0.254. The predicted octanol–water partition coefficient (Wildman–Crippen LogP) is 1.98. The number of nitrogens with two attached hydrogens (primary N) is 1. The normalized spacial score (nSPS) is 19.7. The minimum absolute atomic E-state index is 0.303. The first kappa shape index (κ1) is 9.28. The van der Waals surface area contributed by atoms with E-state index in [0.717, 1.165) is 12.2 Å². The molecule has 0 spiro atoms. The van der Waals surface area contributed by atoms with Crippen molar-refractivity contribution in [2.75, 3.05) is 6.54 Å². The molecule has 2 nitrogen and oxygen atoms in total. The minimum Gasteiger partial charge on any atom is -0.490 e. The molecular weight excluding hydrogens is 174 g/mol. The largest absolute Gasteiger partial charge is 0.490 e.